The molecule has 2 aromatic rings. The van der Waals surface area contributed by atoms with E-state index in [4.69, 9.17) is 9.47 Å². The van der Waals surface area contributed by atoms with Crippen LogP contribution in [0.25, 0.3) is 0 Å². The monoisotopic (exact) mass is 383 g/mol. The highest BCUT2D eigenvalue weighted by molar-refractivity contribution is 5.97. The molecule has 0 aromatic heterocycles. The largest absolute Gasteiger partial charge is 0.493 e. The van der Waals surface area contributed by atoms with Crippen molar-refractivity contribution in [2.45, 2.75) is 6.42 Å². The minimum absolute atomic E-state index is 0.135. The van der Waals surface area contributed by atoms with E-state index in [1.165, 1.54) is 5.69 Å². The summed E-state index contributed by atoms with van der Waals surface area (Å²) < 4.78 is 10.6. The maximum absolute atomic E-state index is 12.5. The van der Waals surface area contributed by atoms with Crippen molar-refractivity contribution >= 4 is 11.6 Å². The molecule has 0 unspecified atom stereocenters. The molecule has 6 nitrogen and oxygen atoms in total. The minimum atomic E-state index is -0.135. The quantitative estimate of drug-likeness (QED) is 0.711. The van der Waals surface area contributed by atoms with Crippen molar-refractivity contribution in [3.8, 4) is 11.5 Å². The van der Waals surface area contributed by atoms with Crippen LogP contribution in [0.3, 0.4) is 0 Å². The smallest absolute Gasteiger partial charge is 0.255 e. The van der Waals surface area contributed by atoms with E-state index in [0.717, 1.165) is 39.1 Å². The fourth-order valence-electron chi connectivity index (χ4n) is 3.53. The Morgan fingerprint density at radius 3 is 2.39 bits per heavy atom. The molecule has 1 aliphatic heterocycles. The van der Waals surface area contributed by atoms with Gasteiger partial charge in [0.2, 0.25) is 0 Å². The Labute approximate surface area is 167 Å². The molecule has 0 saturated carbocycles. The SMILES string of the molecule is COc1cccc(C(=O)NCCCN2CCN(c3ccccc3)CC2)c1OC. The third-order valence-electron chi connectivity index (χ3n) is 5.08. The minimum Gasteiger partial charge on any atom is -0.493 e. The molecule has 1 amide bonds. The second-order valence-corrected chi connectivity index (χ2v) is 6.81. The van der Waals surface area contributed by atoms with Crippen LogP contribution in [0.5, 0.6) is 11.5 Å². The number of nitrogens with one attached hydrogen (secondary N) is 1. The highest BCUT2D eigenvalue weighted by atomic mass is 16.5. The van der Waals surface area contributed by atoms with Crippen LogP contribution in [0.15, 0.2) is 48.5 Å². The molecule has 0 spiro atoms. The van der Waals surface area contributed by atoms with Gasteiger partial charge in [-0.1, -0.05) is 24.3 Å². The second kappa shape index (κ2) is 9.99. The number of carbonyl (C=O) groups is 1. The van der Waals surface area contributed by atoms with E-state index in [1.807, 2.05) is 0 Å². The van der Waals surface area contributed by atoms with Crippen LogP contribution in [0, 0.1) is 0 Å². The Kier molecular flexibility index (Phi) is 7.14. The van der Waals surface area contributed by atoms with Crippen molar-refractivity contribution in [1.29, 1.82) is 0 Å². The highest BCUT2D eigenvalue weighted by Crippen LogP contribution is 2.30. The van der Waals surface area contributed by atoms with Gasteiger partial charge in [0, 0.05) is 38.4 Å². The summed E-state index contributed by atoms with van der Waals surface area (Å²) in [6.45, 7) is 5.80. The molecule has 0 bridgehead atoms. The number of anilines is 1. The fraction of sp³-hybridized carbons (Fsp3) is 0.409. The molecule has 6 heteroatoms. The Morgan fingerprint density at radius 1 is 0.964 bits per heavy atom. The number of amides is 1. The number of methoxy groups -OCH3 is 2. The van der Waals surface area contributed by atoms with Crippen LogP contribution in [-0.4, -0.2) is 64.3 Å². The van der Waals surface area contributed by atoms with Gasteiger partial charge in [-0.15, -0.1) is 0 Å². The van der Waals surface area contributed by atoms with E-state index in [-0.39, 0.29) is 5.91 Å². The second-order valence-electron chi connectivity index (χ2n) is 6.81. The molecule has 1 saturated heterocycles. The summed E-state index contributed by atoms with van der Waals surface area (Å²) in [5.74, 6) is 0.899. The molecule has 28 heavy (non-hydrogen) atoms. The van der Waals surface area contributed by atoms with Gasteiger partial charge in [-0.3, -0.25) is 9.69 Å². The van der Waals surface area contributed by atoms with Crippen molar-refractivity contribution < 1.29 is 14.3 Å². The molecule has 0 radical (unpaired) electrons. The predicted molar refractivity (Wildman–Crippen MR) is 112 cm³/mol. The van der Waals surface area contributed by atoms with E-state index in [0.29, 0.717) is 23.6 Å². The maximum atomic E-state index is 12.5. The summed E-state index contributed by atoms with van der Waals surface area (Å²) in [5, 5.41) is 2.99. The molecular formula is C22H29N3O3. The Hall–Kier alpha value is -2.73. The fourth-order valence-corrected chi connectivity index (χ4v) is 3.53. The first-order valence-corrected chi connectivity index (χ1v) is 9.74. The molecule has 1 N–H and O–H groups in total. The third-order valence-corrected chi connectivity index (χ3v) is 5.08. The number of hydrogen-bond donors (Lipinski definition) is 1. The lowest BCUT2D eigenvalue weighted by Crippen LogP contribution is -2.47. The summed E-state index contributed by atoms with van der Waals surface area (Å²) in [4.78, 5) is 17.4. The standard InChI is InChI=1S/C22H29N3O3/c1-27-20-11-6-10-19(21(20)28-2)22(26)23-12-7-13-24-14-16-25(17-15-24)18-8-4-3-5-9-18/h3-6,8-11H,7,12-17H2,1-2H3,(H,23,26). The first-order chi connectivity index (χ1) is 13.7. The van der Waals surface area contributed by atoms with Crippen LogP contribution < -0.4 is 19.7 Å². The van der Waals surface area contributed by atoms with Crippen LogP contribution in [-0.2, 0) is 0 Å². The van der Waals surface area contributed by atoms with E-state index in [2.05, 4.69) is 45.4 Å². The predicted octanol–water partition coefficient (Wildman–Crippen LogP) is 2.65. The average molecular weight is 383 g/mol. The zero-order valence-corrected chi connectivity index (χ0v) is 16.7. The lowest BCUT2D eigenvalue weighted by Gasteiger charge is -2.36. The van der Waals surface area contributed by atoms with E-state index in [9.17, 15) is 4.79 Å². The normalized spacial score (nSPS) is 14.6. The first kappa shape index (κ1) is 20.0. The van der Waals surface area contributed by atoms with Gasteiger partial charge in [0.15, 0.2) is 11.5 Å². The van der Waals surface area contributed by atoms with Gasteiger partial charge in [-0.2, -0.15) is 0 Å². The summed E-state index contributed by atoms with van der Waals surface area (Å²) in [6.07, 6.45) is 0.920. The zero-order valence-electron chi connectivity index (χ0n) is 16.7. The molecule has 0 aliphatic carbocycles. The van der Waals surface area contributed by atoms with Gasteiger partial charge < -0.3 is 19.7 Å². The number of benzene rings is 2. The van der Waals surface area contributed by atoms with Gasteiger partial charge in [0.25, 0.3) is 5.91 Å². The Morgan fingerprint density at radius 2 is 1.71 bits per heavy atom. The number of nitrogens with zero attached hydrogens (tertiary/aromatic N) is 2. The molecule has 1 fully saturated rings. The van der Waals surface area contributed by atoms with Crippen LogP contribution in [0.1, 0.15) is 16.8 Å². The summed E-state index contributed by atoms with van der Waals surface area (Å²) in [5.41, 5.74) is 1.79. The molecule has 3 rings (SSSR count). The lowest BCUT2D eigenvalue weighted by atomic mass is 10.1. The van der Waals surface area contributed by atoms with Gasteiger partial charge >= 0.3 is 0 Å². The molecule has 150 valence electrons. The van der Waals surface area contributed by atoms with Gasteiger partial charge in [0.05, 0.1) is 19.8 Å². The molecule has 2 aromatic carbocycles. The number of para-hydroxylation sites is 2. The number of piperazine rings is 1. The zero-order chi connectivity index (χ0) is 19.8. The van der Waals surface area contributed by atoms with E-state index in [1.54, 1.807) is 32.4 Å². The Bertz CT molecular complexity index is 759. The molecule has 0 atom stereocenters. The third kappa shape index (κ3) is 4.95. The van der Waals surface area contributed by atoms with Crippen LogP contribution in [0.4, 0.5) is 5.69 Å². The molecular weight excluding hydrogens is 354 g/mol. The number of ether oxygens (including phenoxy) is 2. The summed E-state index contributed by atoms with van der Waals surface area (Å²) >= 11 is 0. The average Bonchev–Trinajstić information content (AvgIpc) is 2.77. The lowest BCUT2D eigenvalue weighted by molar-refractivity contribution is 0.0947. The van der Waals surface area contributed by atoms with E-state index >= 15 is 0 Å². The van der Waals surface area contributed by atoms with Gasteiger partial charge in [0.1, 0.15) is 0 Å². The Balaban J connectivity index is 1.40. The van der Waals surface area contributed by atoms with E-state index < -0.39 is 0 Å². The van der Waals surface area contributed by atoms with Crippen molar-refractivity contribution in [3.63, 3.8) is 0 Å². The van der Waals surface area contributed by atoms with Crippen molar-refractivity contribution in [3.05, 3.63) is 54.1 Å². The maximum Gasteiger partial charge on any atom is 0.255 e. The van der Waals surface area contributed by atoms with Crippen molar-refractivity contribution in [1.82, 2.24) is 10.2 Å². The van der Waals surface area contributed by atoms with Crippen molar-refractivity contribution in [2.75, 3.05) is 58.4 Å². The topological polar surface area (TPSA) is 54.0 Å². The van der Waals surface area contributed by atoms with Crippen molar-refractivity contribution in [2.24, 2.45) is 0 Å². The summed E-state index contributed by atoms with van der Waals surface area (Å²) in [6, 6.07) is 15.9. The first-order valence-electron chi connectivity index (χ1n) is 9.74. The van der Waals surface area contributed by atoms with Crippen LogP contribution in [0.2, 0.25) is 0 Å². The van der Waals surface area contributed by atoms with Gasteiger partial charge in [-0.05, 0) is 37.2 Å². The number of rotatable bonds is 8. The summed E-state index contributed by atoms with van der Waals surface area (Å²) in [7, 11) is 3.11. The number of hydrogen-bond acceptors (Lipinski definition) is 5. The molecule has 1 heterocycles. The molecule has 1 aliphatic rings. The number of carbonyl (C=O) groups excluding carboxylic acids is 1. The van der Waals surface area contributed by atoms with Gasteiger partial charge in [-0.25, -0.2) is 0 Å². The van der Waals surface area contributed by atoms with Crippen LogP contribution >= 0.6 is 0 Å². The highest BCUT2D eigenvalue weighted by Gasteiger charge is 2.18.